The van der Waals surface area contributed by atoms with E-state index in [1.54, 1.807) is 12.3 Å². The molecule has 2 aromatic rings. The van der Waals surface area contributed by atoms with Crippen LogP contribution in [0.3, 0.4) is 0 Å². The van der Waals surface area contributed by atoms with Crippen LogP contribution >= 0.6 is 0 Å². The molecule has 0 unspecified atom stereocenters. The zero-order valence-electron chi connectivity index (χ0n) is 11.4. The Labute approximate surface area is 113 Å². The van der Waals surface area contributed by atoms with Crippen molar-refractivity contribution in [1.29, 1.82) is 0 Å². The predicted molar refractivity (Wildman–Crippen MR) is 76.3 cm³/mol. The molecule has 0 radical (unpaired) electrons. The van der Waals surface area contributed by atoms with Crippen LogP contribution in [0.25, 0.3) is 0 Å². The molecular formula is C15H19N3O. The van der Waals surface area contributed by atoms with Crippen molar-refractivity contribution in [3.05, 3.63) is 47.7 Å². The van der Waals surface area contributed by atoms with E-state index in [0.717, 1.165) is 6.42 Å². The van der Waals surface area contributed by atoms with Crippen LogP contribution in [0.2, 0.25) is 0 Å². The summed E-state index contributed by atoms with van der Waals surface area (Å²) >= 11 is 0. The molecular weight excluding hydrogens is 238 g/mol. The summed E-state index contributed by atoms with van der Waals surface area (Å²) in [4.78, 5) is 8.48. The molecule has 19 heavy (non-hydrogen) atoms. The van der Waals surface area contributed by atoms with Gasteiger partial charge >= 0.3 is 0 Å². The number of hydrogen-bond donors (Lipinski definition) is 1. The third-order valence-corrected chi connectivity index (χ3v) is 2.66. The molecule has 1 aromatic heterocycles. The number of aromatic nitrogens is 2. The first-order valence-electron chi connectivity index (χ1n) is 6.53. The summed E-state index contributed by atoms with van der Waals surface area (Å²) in [6.07, 6.45) is 2.67. The third-order valence-electron chi connectivity index (χ3n) is 2.66. The molecule has 0 aliphatic rings. The van der Waals surface area contributed by atoms with Gasteiger partial charge in [-0.25, -0.2) is 4.98 Å². The molecule has 0 aliphatic heterocycles. The van der Waals surface area contributed by atoms with E-state index in [4.69, 9.17) is 4.74 Å². The van der Waals surface area contributed by atoms with Gasteiger partial charge in [0.05, 0.1) is 6.61 Å². The van der Waals surface area contributed by atoms with E-state index in [2.05, 4.69) is 53.4 Å². The lowest BCUT2D eigenvalue weighted by molar-refractivity contribution is 0.305. The van der Waals surface area contributed by atoms with Crippen LogP contribution in [0.1, 0.15) is 24.5 Å². The second-order valence-electron chi connectivity index (χ2n) is 4.41. The lowest BCUT2D eigenvalue weighted by Crippen LogP contribution is -2.05. The predicted octanol–water partition coefficient (Wildman–Crippen LogP) is 3.19. The van der Waals surface area contributed by atoms with Gasteiger partial charge in [0.2, 0.25) is 11.8 Å². The van der Waals surface area contributed by atoms with Crippen LogP contribution in [0.15, 0.2) is 36.5 Å². The van der Waals surface area contributed by atoms with E-state index >= 15 is 0 Å². The minimum atomic E-state index is 0.592. The molecule has 2 rings (SSSR count). The Morgan fingerprint density at radius 2 is 1.95 bits per heavy atom. The number of aryl methyl sites for hydroxylation is 1. The van der Waals surface area contributed by atoms with Crippen molar-refractivity contribution >= 4 is 5.95 Å². The van der Waals surface area contributed by atoms with Gasteiger partial charge < -0.3 is 10.1 Å². The van der Waals surface area contributed by atoms with E-state index in [9.17, 15) is 0 Å². The molecule has 0 atom stereocenters. The fourth-order valence-corrected chi connectivity index (χ4v) is 1.60. The zero-order chi connectivity index (χ0) is 13.5. The Hall–Kier alpha value is -2.10. The normalized spacial score (nSPS) is 10.2. The highest BCUT2D eigenvalue weighted by atomic mass is 16.5. The molecule has 4 nitrogen and oxygen atoms in total. The SMILES string of the molecule is CCCOc1ccnc(NCc2ccc(C)cc2)n1. The van der Waals surface area contributed by atoms with Crippen LogP contribution < -0.4 is 10.1 Å². The molecule has 4 heteroatoms. The quantitative estimate of drug-likeness (QED) is 0.863. The van der Waals surface area contributed by atoms with Crippen molar-refractivity contribution in [3.8, 4) is 5.88 Å². The summed E-state index contributed by atoms with van der Waals surface area (Å²) < 4.78 is 5.47. The van der Waals surface area contributed by atoms with Gasteiger partial charge in [0.15, 0.2) is 0 Å². The molecule has 0 fully saturated rings. The summed E-state index contributed by atoms with van der Waals surface area (Å²) in [5.74, 6) is 1.21. The van der Waals surface area contributed by atoms with Gasteiger partial charge in [0.25, 0.3) is 0 Å². The maximum absolute atomic E-state index is 5.47. The third kappa shape index (κ3) is 4.25. The molecule has 1 N–H and O–H groups in total. The van der Waals surface area contributed by atoms with E-state index in [0.29, 0.717) is 25.0 Å². The highest BCUT2D eigenvalue weighted by Crippen LogP contribution is 2.10. The Kier molecular flexibility index (Phi) is 4.72. The highest BCUT2D eigenvalue weighted by Gasteiger charge is 2.00. The van der Waals surface area contributed by atoms with Gasteiger partial charge in [-0.1, -0.05) is 36.8 Å². The number of nitrogens with one attached hydrogen (secondary N) is 1. The standard InChI is InChI=1S/C15H19N3O/c1-3-10-19-14-8-9-16-15(18-14)17-11-13-6-4-12(2)5-7-13/h4-9H,3,10-11H2,1-2H3,(H,16,17,18). The molecule has 0 aliphatic carbocycles. The van der Waals surface area contributed by atoms with Crippen molar-refractivity contribution < 1.29 is 4.74 Å². The van der Waals surface area contributed by atoms with Crippen LogP contribution in [0.5, 0.6) is 5.88 Å². The van der Waals surface area contributed by atoms with Gasteiger partial charge in [-0.2, -0.15) is 4.98 Å². The maximum Gasteiger partial charge on any atom is 0.226 e. The Morgan fingerprint density at radius 1 is 1.16 bits per heavy atom. The smallest absolute Gasteiger partial charge is 0.226 e. The number of benzene rings is 1. The first-order valence-corrected chi connectivity index (χ1v) is 6.53. The first-order chi connectivity index (χ1) is 9.28. The first kappa shape index (κ1) is 13.3. The molecule has 0 saturated heterocycles. The van der Waals surface area contributed by atoms with Gasteiger partial charge in [0.1, 0.15) is 0 Å². The van der Waals surface area contributed by atoms with Crippen LogP contribution in [0, 0.1) is 6.92 Å². The van der Waals surface area contributed by atoms with Gasteiger partial charge in [-0.05, 0) is 18.9 Å². The zero-order valence-corrected chi connectivity index (χ0v) is 11.4. The number of ether oxygens (including phenoxy) is 1. The van der Waals surface area contributed by atoms with Crippen LogP contribution in [-0.4, -0.2) is 16.6 Å². The van der Waals surface area contributed by atoms with Gasteiger partial charge in [-0.3, -0.25) is 0 Å². The lowest BCUT2D eigenvalue weighted by Gasteiger charge is -2.07. The Morgan fingerprint density at radius 3 is 2.68 bits per heavy atom. The van der Waals surface area contributed by atoms with E-state index in [1.807, 2.05) is 0 Å². The summed E-state index contributed by atoms with van der Waals surface area (Å²) in [6, 6.07) is 10.2. The number of nitrogens with zero attached hydrogens (tertiary/aromatic N) is 2. The fourth-order valence-electron chi connectivity index (χ4n) is 1.60. The molecule has 0 amide bonds. The summed E-state index contributed by atoms with van der Waals surface area (Å²) in [6.45, 7) is 5.53. The number of hydrogen-bond acceptors (Lipinski definition) is 4. The summed E-state index contributed by atoms with van der Waals surface area (Å²) in [5.41, 5.74) is 2.46. The van der Waals surface area contributed by atoms with Crippen LogP contribution in [-0.2, 0) is 6.54 Å². The molecule has 100 valence electrons. The number of anilines is 1. The fraction of sp³-hybridized carbons (Fsp3) is 0.333. The Bertz CT molecular complexity index is 511. The maximum atomic E-state index is 5.47. The van der Waals surface area contributed by atoms with Crippen LogP contribution in [0.4, 0.5) is 5.95 Å². The van der Waals surface area contributed by atoms with Crippen molar-refractivity contribution in [3.63, 3.8) is 0 Å². The van der Waals surface area contributed by atoms with E-state index < -0.39 is 0 Å². The van der Waals surface area contributed by atoms with Gasteiger partial charge in [0, 0.05) is 18.8 Å². The minimum Gasteiger partial charge on any atom is -0.478 e. The second-order valence-corrected chi connectivity index (χ2v) is 4.41. The van der Waals surface area contributed by atoms with Crippen molar-refractivity contribution in [2.24, 2.45) is 0 Å². The van der Waals surface area contributed by atoms with Crippen molar-refractivity contribution in [2.45, 2.75) is 26.8 Å². The molecule has 1 aromatic carbocycles. The van der Waals surface area contributed by atoms with Gasteiger partial charge in [-0.15, -0.1) is 0 Å². The molecule has 0 spiro atoms. The average Bonchev–Trinajstić information content (AvgIpc) is 2.45. The molecule has 1 heterocycles. The second kappa shape index (κ2) is 6.73. The molecule has 0 bridgehead atoms. The average molecular weight is 257 g/mol. The monoisotopic (exact) mass is 257 g/mol. The topological polar surface area (TPSA) is 47.0 Å². The van der Waals surface area contributed by atoms with E-state index in [1.165, 1.54) is 11.1 Å². The van der Waals surface area contributed by atoms with Crippen molar-refractivity contribution in [1.82, 2.24) is 9.97 Å². The summed E-state index contributed by atoms with van der Waals surface area (Å²) in [5, 5.41) is 3.19. The number of rotatable bonds is 6. The highest BCUT2D eigenvalue weighted by molar-refractivity contribution is 5.30. The molecule has 0 saturated carbocycles. The van der Waals surface area contributed by atoms with E-state index in [-0.39, 0.29) is 0 Å². The summed E-state index contributed by atoms with van der Waals surface area (Å²) in [7, 11) is 0. The Balaban J connectivity index is 1.93. The van der Waals surface area contributed by atoms with Crippen molar-refractivity contribution in [2.75, 3.05) is 11.9 Å². The lowest BCUT2D eigenvalue weighted by atomic mass is 10.1. The largest absolute Gasteiger partial charge is 0.478 e. The minimum absolute atomic E-state index is 0.592.